The maximum Gasteiger partial charge on any atom is 0.293 e. The number of carbonyl (C=O) groups is 1. The predicted octanol–water partition coefficient (Wildman–Crippen LogP) is 0.0199. The topological polar surface area (TPSA) is 91.8 Å². The molecule has 0 aliphatic rings. The summed E-state index contributed by atoms with van der Waals surface area (Å²) >= 11 is 0. The van der Waals surface area contributed by atoms with E-state index < -0.39 is 11.9 Å². The van der Waals surface area contributed by atoms with E-state index in [2.05, 4.69) is 20.0 Å². The Morgan fingerprint density at radius 2 is 2.46 bits per heavy atom. The van der Waals surface area contributed by atoms with E-state index in [1.807, 2.05) is 6.07 Å². The number of hydrogen-bond acceptors (Lipinski definition) is 5. The molecule has 1 heterocycles. The normalized spacial score (nSPS) is 11.8. The molecule has 0 saturated heterocycles. The van der Waals surface area contributed by atoms with E-state index >= 15 is 0 Å². The van der Waals surface area contributed by atoms with Gasteiger partial charge in [-0.05, 0) is 6.92 Å². The minimum atomic E-state index is -0.564. The number of rotatable bonds is 2. The Labute approximate surface area is 74.5 Å². The quantitative estimate of drug-likeness (QED) is 0.692. The SMILES string of the molecule is Cc1nc(C(=O)NC(C)C#N)no1. The van der Waals surface area contributed by atoms with Crippen molar-refractivity contribution in [1.82, 2.24) is 15.5 Å². The summed E-state index contributed by atoms with van der Waals surface area (Å²) in [5.74, 6) is -0.250. The van der Waals surface area contributed by atoms with Crippen LogP contribution in [0.2, 0.25) is 0 Å². The van der Waals surface area contributed by atoms with Gasteiger partial charge in [-0.3, -0.25) is 4.79 Å². The molecule has 0 aliphatic carbocycles. The molecule has 0 saturated carbocycles. The first-order valence-corrected chi connectivity index (χ1v) is 3.64. The highest BCUT2D eigenvalue weighted by molar-refractivity contribution is 5.90. The zero-order valence-electron chi connectivity index (χ0n) is 7.24. The number of aromatic nitrogens is 2. The first-order valence-electron chi connectivity index (χ1n) is 3.64. The molecule has 1 aromatic rings. The highest BCUT2D eigenvalue weighted by atomic mass is 16.5. The number of carbonyl (C=O) groups excluding carboxylic acids is 1. The monoisotopic (exact) mass is 180 g/mol. The molecule has 1 atom stereocenters. The standard InChI is InChI=1S/C7H8N4O2/c1-4(3-8)9-7(12)6-10-5(2)13-11-6/h4H,1-2H3,(H,9,12). The number of nitrogens with one attached hydrogen (secondary N) is 1. The minimum absolute atomic E-state index is 0.0559. The predicted molar refractivity (Wildman–Crippen MR) is 41.6 cm³/mol. The van der Waals surface area contributed by atoms with Crippen molar-refractivity contribution in [3.05, 3.63) is 11.7 Å². The average Bonchev–Trinajstić information content (AvgIpc) is 2.51. The number of hydrogen-bond donors (Lipinski definition) is 1. The largest absolute Gasteiger partial charge is 0.339 e. The van der Waals surface area contributed by atoms with Crippen LogP contribution in [0.5, 0.6) is 0 Å². The van der Waals surface area contributed by atoms with Crippen molar-refractivity contribution in [2.75, 3.05) is 0 Å². The van der Waals surface area contributed by atoms with Crippen LogP contribution in [0.4, 0.5) is 0 Å². The van der Waals surface area contributed by atoms with E-state index in [1.165, 1.54) is 0 Å². The third-order valence-corrected chi connectivity index (χ3v) is 1.27. The van der Waals surface area contributed by atoms with Gasteiger partial charge in [0.25, 0.3) is 11.7 Å². The van der Waals surface area contributed by atoms with Gasteiger partial charge in [0.15, 0.2) is 0 Å². The van der Waals surface area contributed by atoms with Gasteiger partial charge in [0.1, 0.15) is 6.04 Å². The van der Waals surface area contributed by atoms with Crippen LogP contribution in [0.15, 0.2) is 4.52 Å². The average molecular weight is 180 g/mol. The molecule has 0 bridgehead atoms. The second kappa shape index (κ2) is 3.67. The van der Waals surface area contributed by atoms with Crippen molar-refractivity contribution in [2.24, 2.45) is 0 Å². The molecule has 1 aromatic heterocycles. The Hall–Kier alpha value is -1.90. The summed E-state index contributed by atoms with van der Waals surface area (Å²) in [7, 11) is 0. The van der Waals surface area contributed by atoms with Gasteiger partial charge in [-0.25, -0.2) is 0 Å². The Kier molecular flexibility index (Phi) is 2.59. The molecule has 13 heavy (non-hydrogen) atoms. The molecule has 68 valence electrons. The van der Waals surface area contributed by atoms with Crippen molar-refractivity contribution in [2.45, 2.75) is 19.9 Å². The van der Waals surface area contributed by atoms with Crippen molar-refractivity contribution < 1.29 is 9.32 Å². The summed E-state index contributed by atoms with van der Waals surface area (Å²) < 4.78 is 4.60. The van der Waals surface area contributed by atoms with Crippen LogP contribution in [-0.2, 0) is 0 Å². The highest BCUT2D eigenvalue weighted by Gasteiger charge is 2.14. The lowest BCUT2D eigenvalue weighted by atomic mass is 10.4. The van der Waals surface area contributed by atoms with Gasteiger partial charge in [-0.1, -0.05) is 5.16 Å². The van der Waals surface area contributed by atoms with Crippen LogP contribution in [0.3, 0.4) is 0 Å². The molecule has 1 rings (SSSR count). The Bertz CT molecular complexity index is 352. The van der Waals surface area contributed by atoms with Crippen LogP contribution in [0.1, 0.15) is 23.4 Å². The van der Waals surface area contributed by atoms with Crippen molar-refractivity contribution in [1.29, 1.82) is 5.26 Å². The highest BCUT2D eigenvalue weighted by Crippen LogP contribution is 1.94. The zero-order valence-corrected chi connectivity index (χ0v) is 7.24. The van der Waals surface area contributed by atoms with Gasteiger partial charge < -0.3 is 9.84 Å². The number of nitrogens with zero attached hydrogens (tertiary/aromatic N) is 3. The first-order chi connectivity index (χ1) is 6.13. The van der Waals surface area contributed by atoms with Crippen molar-refractivity contribution >= 4 is 5.91 Å². The molecule has 1 unspecified atom stereocenters. The van der Waals surface area contributed by atoms with E-state index in [4.69, 9.17) is 5.26 Å². The molecule has 1 N–H and O–H groups in total. The van der Waals surface area contributed by atoms with Gasteiger partial charge in [0, 0.05) is 6.92 Å². The summed E-state index contributed by atoms with van der Waals surface area (Å²) in [4.78, 5) is 14.9. The number of aryl methyl sites for hydroxylation is 1. The summed E-state index contributed by atoms with van der Waals surface area (Å²) in [6, 6.07) is 1.29. The van der Waals surface area contributed by atoms with Crippen LogP contribution in [0, 0.1) is 18.3 Å². The molecule has 0 aliphatic heterocycles. The first kappa shape index (κ1) is 9.19. The summed E-state index contributed by atoms with van der Waals surface area (Å²) in [6.45, 7) is 3.14. The van der Waals surface area contributed by atoms with Crippen molar-refractivity contribution in [3.8, 4) is 6.07 Å². The Morgan fingerprint density at radius 1 is 1.77 bits per heavy atom. The molecule has 6 nitrogen and oxygen atoms in total. The van der Waals surface area contributed by atoms with Crippen molar-refractivity contribution in [3.63, 3.8) is 0 Å². The van der Waals surface area contributed by atoms with E-state index in [9.17, 15) is 4.79 Å². The maximum atomic E-state index is 11.2. The van der Waals surface area contributed by atoms with E-state index in [1.54, 1.807) is 13.8 Å². The molecule has 6 heteroatoms. The number of nitriles is 1. The molecule has 0 aromatic carbocycles. The second-order valence-electron chi connectivity index (χ2n) is 2.46. The van der Waals surface area contributed by atoms with E-state index in [0.29, 0.717) is 5.89 Å². The summed E-state index contributed by atoms with van der Waals surface area (Å²) in [5, 5.41) is 14.2. The fourth-order valence-electron chi connectivity index (χ4n) is 0.685. The fraction of sp³-hybridized carbons (Fsp3) is 0.429. The third kappa shape index (κ3) is 2.27. The zero-order chi connectivity index (χ0) is 9.84. The van der Waals surface area contributed by atoms with Gasteiger partial charge in [-0.2, -0.15) is 10.2 Å². The van der Waals surface area contributed by atoms with Gasteiger partial charge >= 0.3 is 0 Å². The third-order valence-electron chi connectivity index (χ3n) is 1.27. The van der Waals surface area contributed by atoms with Crippen LogP contribution in [-0.4, -0.2) is 22.1 Å². The van der Waals surface area contributed by atoms with Gasteiger partial charge in [-0.15, -0.1) is 0 Å². The molecule has 0 radical (unpaired) electrons. The Morgan fingerprint density at radius 3 is 2.92 bits per heavy atom. The van der Waals surface area contributed by atoms with E-state index in [0.717, 1.165) is 0 Å². The second-order valence-corrected chi connectivity index (χ2v) is 2.46. The smallest absolute Gasteiger partial charge is 0.293 e. The molecule has 1 amide bonds. The number of amides is 1. The lowest BCUT2D eigenvalue weighted by Gasteiger charge is -2.01. The van der Waals surface area contributed by atoms with Crippen LogP contribution < -0.4 is 5.32 Å². The van der Waals surface area contributed by atoms with Gasteiger partial charge in [0.05, 0.1) is 6.07 Å². The molecule has 0 fully saturated rings. The van der Waals surface area contributed by atoms with E-state index in [-0.39, 0.29) is 5.82 Å². The van der Waals surface area contributed by atoms with Gasteiger partial charge in [0.2, 0.25) is 5.89 Å². The summed E-state index contributed by atoms with van der Waals surface area (Å²) in [5.41, 5.74) is 0. The summed E-state index contributed by atoms with van der Waals surface area (Å²) in [6.07, 6.45) is 0. The lowest BCUT2D eigenvalue weighted by molar-refractivity contribution is 0.0934. The van der Waals surface area contributed by atoms with Crippen LogP contribution in [0.25, 0.3) is 0 Å². The molecule has 0 spiro atoms. The minimum Gasteiger partial charge on any atom is -0.339 e. The Balaban J connectivity index is 2.65. The molecular formula is C7H8N4O2. The molecular weight excluding hydrogens is 172 g/mol. The van der Waals surface area contributed by atoms with Crippen LogP contribution >= 0.6 is 0 Å². The fourth-order valence-corrected chi connectivity index (χ4v) is 0.685. The maximum absolute atomic E-state index is 11.2. The lowest BCUT2D eigenvalue weighted by Crippen LogP contribution is -2.32.